The van der Waals surface area contributed by atoms with Gasteiger partial charge >= 0.3 is 5.97 Å². The summed E-state index contributed by atoms with van der Waals surface area (Å²) in [6.45, 7) is 0. The number of carbonyl (C=O) groups is 2. The van der Waals surface area contributed by atoms with Crippen LogP contribution < -0.4 is 23.7 Å². The number of hydrogen-bond donors (Lipinski definition) is 0. The number of methoxy groups -OCH3 is 3. The minimum absolute atomic E-state index is 0.136. The number of ether oxygens (including phenoxy) is 5. The maximum Gasteiger partial charge on any atom is 0.312 e. The molecule has 3 aromatic carbocycles. The van der Waals surface area contributed by atoms with Crippen LogP contribution in [0.1, 0.15) is 39.4 Å². The van der Waals surface area contributed by atoms with Crippen LogP contribution >= 0.6 is 11.8 Å². The minimum atomic E-state index is -0.323. The second-order valence-electron chi connectivity index (χ2n) is 8.25. The second kappa shape index (κ2) is 9.62. The smallest absolute Gasteiger partial charge is 0.312 e. The lowest BCUT2D eigenvalue weighted by molar-refractivity contribution is -0.135. The largest absolute Gasteiger partial charge is 0.496 e. The minimum Gasteiger partial charge on any atom is -0.496 e. The van der Waals surface area contributed by atoms with Crippen LogP contribution in [0.2, 0.25) is 0 Å². The highest BCUT2D eigenvalue weighted by atomic mass is 32.2. The average Bonchev–Trinajstić information content (AvgIpc) is 3.22. The molecular formula is C28H24O7S. The first-order valence-electron chi connectivity index (χ1n) is 11.2. The molecule has 0 amide bonds. The number of Topliss-reactive ketones (excluding diaryl/α,β-unsaturated/α-hetero) is 1. The number of benzene rings is 3. The Labute approximate surface area is 213 Å². The molecule has 7 nitrogen and oxygen atoms in total. The van der Waals surface area contributed by atoms with E-state index >= 15 is 0 Å². The first kappa shape index (κ1) is 23.8. The van der Waals surface area contributed by atoms with Gasteiger partial charge in [0.1, 0.15) is 17.2 Å². The summed E-state index contributed by atoms with van der Waals surface area (Å²) in [4.78, 5) is 26.9. The molecule has 8 heteroatoms. The Kier molecular flexibility index (Phi) is 6.36. The summed E-state index contributed by atoms with van der Waals surface area (Å²) >= 11 is 1.64. The molecule has 184 valence electrons. The number of rotatable bonds is 6. The average molecular weight is 505 g/mol. The number of esters is 1. The van der Waals surface area contributed by atoms with Crippen LogP contribution in [0.15, 0.2) is 59.2 Å². The molecule has 0 unspecified atom stereocenters. The van der Waals surface area contributed by atoms with Crippen molar-refractivity contribution in [1.29, 1.82) is 0 Å². The molecule has 0 aromatic heterocycles. The highest BCUT2D eigenvalue weighted by Gasteiger charge is 2.38. The van der Waals surface area contributed by atoms with E-state index in [1.54, 1.807) is 42.1 Å². The number of ketones is 1. The van der Waals surface area contributed by atoms with Gasteiger partial charge in [-0.25, -0.2) is 0 Å². The molecule has 0 saturated carbocycles. The zero-order valence-electron chi connectivity index (χ0n) is 20.2. The molecule has 3 aromatic rings. The molecule has 0 fully saturated rings. The third kappa shape index (κ3) is 4.07. The van der Waals surface area contributed by atoms with Crippen LogP contribution in [-0.2, 0) is 4.79 Å². The van der Waals surface area contributed by atoms with Gasteiger partial charge in [0.05, 0.1) is 33.3 Å². The first-order valence-corrected chi connectivity index (χ1v) is 12.5. The highest BCUT2D eigenvalue weighted by Crippen LogP contribution is 2.49. The zero-order valence-corrected chi connectivity index (χ0v) is 21.1. The van der Waals surface area contributed by atoms with E-state index in [1.165, 1.54) is 21.3 Å². The molecule has 1 atom stereocenters. The van der Waals surface area contributed by atoms with E-state index in [2.05, 4.69) is 0 Å². The van der Waals surface area contributed by atoms with Gasteiger partial charge in [-0.2, -0.15) is 0 Å². The first-order chi connectivity index (χ1) is 17.5. The normalized spacial score (nSPS) is 17.2. The Balaban J connectivity index is 1.59. The van der Waals surface area contributed by atoms with Gasteiger partial charge in [0.15, 0.2) is 17.3 Å². The summed E-state index contributed by atoms with van der Waals surface area (Å²) in [5.41, 5.74) is 2.66. The fourth-order valence-electron chi connectivity index (χ4n) is 4.53. The lowest BCUT2D eigenvalue weighted by Gasteiger charge is -2.26. The number of fused-ring (bicyclic) bond motifs is 3. The van der Waals surface area contributed by atoms with E-state index in [1.807, 2.05) is 30.5 Å². The van der Waals surface area contributed by atoms with Gasteiger partial charge in [0, 0.05) is 28.0 Å². The van der Waals surface area contributed by atoms with Crippen molar-refractivity contribution in [3.63, 3.8) is 0 Å². The van der Waals surface area contributed by atoms with E-state index < -0.39 is 0 Å². The maximum absolute atomic E-state index is 13.4. The van der Waals surface area contributed by atoms with Gasteiger partial charge in [-0.1, -0.05) is 12.1 Å². The number of allylic oxidation sites excluding steroid dienone is 1. The van der Waals surface area contributed by atoms with Crippen molar-refractivity contribution in [1.82, 2.24) is 0 Å². The zero-order chi connectivity index (χ0) is 25.4. The maximum atomic E-state index is 13.4. The van der Waals surface area contributed by atoms with E-state index in [0.717, 1.165) is 10.5 Å². The number of carbonyl (C=O) groups excluding carboxylic acids is 2. The molecule has 0 N–H and O–H groups in total. The molecule has 5 rings (SSSR count). The van der Waals surface area contributed by atoms with E-state index in [9.17, 15) is 9.59 Å². The third-order valence-corrected chi connectivity index (χ3v) is 7.06. The van der Waals surface area contributed by atoms with E-state index in [-0.39, 0.29) is 29.9 Å². The molecule has 0 aliphatic carbocycles. The van der Waals surface area contributed by atoms with Gasteiger partial charge < -0.3 is 23.7 Å². The van der Waals surface area contributed by atoms with Crippen LogP contribution in [0.5, 0.6) is 28.7 Å². The van der Waals surface area contributed by atoms with Crippen LogP contribution in [0.4, 0.5) is 0 Å². The number of thioether (sulfide) groups is 1. The van der Waals surface area contributed by atoms with Gasteiger partial charge in [-0.3, -0.25) is 9.59 Å². The highest BCUT2D eigenvalue weighted by molar-refractivity contribution is 7.98. The summed E-state index contributed by atoms with van der Waals surface area (Å²) in [5, 5.41) is 0. The van der Waals surface area contributed by atoms with Crippen LogP contribution in [0.25, 0.3) is 6.08 Å². The molecule has 2 aliphatic rings. The topological polar surface area (TPSA) is 80.3 Å². The summed E-state index contributed by atoms with van der Waals surface area (Å²) in [6.07, 6.45) is 3.78. The monoisotopic (exact) mass is 504 g/mol. The lowest BCUT2D eigenvalue weighted by atomic mass is 9.85. The van der Waals surface area contributed by atoms with Gasteiger partial charge in [-0.15, -0.1) is 11.8 Å². The Morgan fingerprint density at radius 3 is 2.25 bits per heavy atom. The Bertz CT molecular complexity index is 1390. The van der Waals surface area contributed by atoms with E-state index in [0.29, 0.717) is 45.4 Å². The molecule has 2 aliphatic heterocycles. The van der Waals surface area contributed by atoms with E-state index in [4.69, 9.17) is 23.7 Å². The molecular weight excluding hydrogens is 480 g/mol. The SMILES string of the molecule is COc1cc(OC)c(OC)cc1/C=C1/Oc2c(ccc3c2[C@@H](c2ccc(SC)cc2)CC(=O)O3)C1=O. The second-order valence-corrected chi connectivity index (χ2v) is 9.13. The molecule has 0 radical (unpaired) electrons. The molecule has 0 spiro atoms. The lowest BCUT2D eigenvalue weighted by Crippen LogP contribution is -2.21. The van der Waals surface area contributed by atoms with Gasteiger partial charge in [0.25, 0.3) is 0 Å². The van der Waals surface area contributed by atoms with Crippen molar-refractivity contribution in [3.05, 3.63) is 76.5 Å². The van der Waals surface area contributed by atoms with Crippen molar-refractivity contribution in [2.75, 3.05) is 27.6 Å². The van der Waals surface area contributed by atoms with Crippen molar-refractivity contribution in [2.45, 2.75) is 17.2 Å². The number of hydrogen-bond acceptors (Lipinski definition) is 8. The van der Waals surface area contributed by atoms with Crippen LogP contribution in [0, 0.1) is 0 Å². The Morgan fingerprint density at radius 1 is 0.889 bits per heavy atom. The predicted molar refractivity (Wildman–Crippen MR) is 136 cm³/mol. The molecule has 0 saturated heterocycles. The van der Waals surface area contributed by atoms with Crippen molar-refractivity contribution in [2.24, 2.45) is 0 Å². The third-order valence-electron chi connectivity index (χ3n) is 6.32. The molecule has 0 bridgehead atoms. The fourth-order valence-corrected chi connectivity index (χ4v) is 4.94. The Morgan fingerprint density at radius 2 is 1.58 bits per heavy atom. The van der Waals surface area contributed by atoms with Gasteiger partial charge in [-0.05, 0) is 48.2 Å². The molecule has 2 heterocycles. The predicted octanol–water partition coefficient (Wildman–Crippen LogP) is 5.49. The van der Waals surface area contributed by atoms with Crippen LogP contribution in [0.3, 0.4) is 0 Å². The van der Waals surface area contributed by atoms with Crippen molar-refractivity contribution >= 4 is 29.6 Å². The summed E-state index contributed by atoms with van der Waals surface area (Å²) in [7, 11) is 4.61. The summed E-state index contributed by atoms with van der Waals surface area (Å²) < 4.78 is 28.0. The molecule has 36 heavy (non-hydrogen) atoms. The Hall–Kier alpha value is -3.91. The standard InChI is InChI=1S/C28H24O7S/c1-31-21-14-23(33-3)22(32-2)11-16(21)12-24-27(30)18-9-10-20-26(28(18)35-24)19(13-25(29)34-20)15-5-7-17(36-4)8-6-15/h5-12,14,19H,13H2,1-4H3/b24-12+/t19-/m1/s1. The van der Waals surface area contributed by atoms with Crippen LogP contribution in [-0.4, -0.2) is 39.3 Å². The van der Waals surface area contributed by atoms with Gasteiger partial charge in [0.2, 0.25) is 5.78 Å². The van der Waals surface area contributed by atoms with Crippen molar-refractivity contribution < 1.29 is 33.3 Å². The quantitative estimate of drug-likeness (QED) is 0.189. The fraction of sp³-hybridized carbons (Fsp3) is 0.214. The summed E-state index contributed by atoms with van der Waals surface area (Å²) in [5.74, 6) is 1.56. The summed E-state index contributed by atoms with van der Waals surface area (Å²) in [6, 6.07) is 14.7. The van der Waals surface area contributed by atoms with Crippen molar-refractivity contribution in [3.8, 4) is 28.7 Å².